The Kier molecular flexibility index (Phi) is 8.90. The van der Waals surface area contributed by atoms with E-state index in [-0.39, 0.29) is 0 Å². The fraction of sp³-hybridized carbons (Fsp3) is 1.00. The lowest BCUT2D eigenvalue weighted by atomic mass is 9.93. The third-order valence-electron chi connectivity index (χ3n) is 2.38. The van der Waals surface area contributed by atoms with Crippen molar-refractivity contribution in [3.05, 3.63) is 0 Å². The Morgan fingerprint density at radius 1 is 1.06 bits per heavy atom. The van der Waals surface area contributed by atoms with E-state index < -0.39 is 0 Å². The Bertz CT molecular complexity index is 153. The highest BCUT2D eigenvalue weighted by molar-refractivity contribution is 4.60. The van der Waals surface area contributed by atoms with Crippen LogP contribution in [0, 0.1) is 5.41 Å². The Morgan fingerprint density at radius 2 is 1.75 bits per heavy atom. The Balaban J connectivity index is 3.05. The lowest BCUT2D eigenvalue weighted by molar-refractivity contribution is 0.110. The molecule has 0 atom stereocenters. The van der Waals surface area contributed by atoms with Crippen molar-refractivity contribution in [1.82, 2.24) is 10.2 Å². The van der Waals surface area contributed by atoms with Gasteiger partial charge in [0.1, 0.15) is 0 Å². The average Bonchev–Trinajstić information content (AvgIpc) is 2.13. The van der Waals surface area contributed by atoms with Gasteiger partial charge in [0.2, 0.25) is 0 Å². The normalized spacial score (nSPS) is 12.4. The summed E-state index contributed by atoms with van der Waals surface area (Å²) in [6.45, 7) is 11.7. The predicted molar refractivity (Wildman–Crippen MR) is 70.9 cm³/mol. The highest BCUT2D eigenvalue weighted by Gasteiger charge is 2.08. The predicted octanol–water partition coefficient (Wildman–Crippen LogP) is 1.98. The molecule has 0 aromatic carbocycles. The highest BCUT2D eigenvalue weighted by atomic mass is 16.5. The lowest BCUT2D eigenvalue weighted by Gasteiger charge is -2.17. The lowest BCUT2D eigenvalue weighted by Crippen LogP contribution is -2.24. The summed E-state index contributed by atoms with van der Waals surface area (Å²) in [4.78, 5) is 2.21. The molecular weight excluding hydrogens is 200 g/mol. The maximum absolute atomic E-state index is 5.56. The molecule has 0 bridgehead atoms. The fourth-order valence-electron chi connectivity index (χ4n) is 1.27. The summed E-state index contributed by atoms with van der Waals surface area (Å²) in [6.07, 6.45) is 2.34. The van der Waals surface area contributed by atoms with Crippen molar-refractivity contribution < 1.29 is 4.74 Å². The third-order valence-corrected chi connectivity index (χ3v) is 2.38. The molecule has 98 valence electrons. The Hall–Kier alpha value is -0.120. The van der Waals surface area contributed by atoms with Gasteiger partial charge in [-0.15, -0.1) is 0 Å². The largest absolute Gasteiger partial charge is 0.380 e. The number of hydrogen-bond acceptors (Lipinski definition) is 3. The van der Waals surface area contributed by atoms with E-state index in [0.717, 1.165) is 39.3 Å². The fourth-order valence-corrected chi connectivity index (χ4v) is 1.27. The van der Waals surface area contributed by atoms with Gasteiger partial charge in [0.25, 0.3) is 0 Å². The first-order valence-corrected chi connectivity index (χ1v) is 6.35. The second-order valence-electron chi connectivity index (χ2n) is 5.83. The third kappa shape index (κ3) is 13.9. The molecule has 0 aromatic heterocycles. The van der Waals surface area contributed by atoms with Crippen molar-refractivity contribution in [3.63, 3.8) is 0 Å². The SMILES string of the molecule is CN(C)CCCNCCOCCC(C)(C)C. The summed E-state index contributed by atoms with van der Waals surface area (Å²) in [7, 11) is 4.21. The molecule has 1 N–H and O–H groups in total. The summed E-state index contributed by atoms with van der Waals surface area (Å²) in [5, 5.41) is 3.39. The van der Waals surface area contributed by atoms with Crippen LogP contribution in [0.4, 0.5) is 0 Å². The summed E-state index contributed by atoms with van der Waals surface area (Å²) < 4.78 is 5.56. The summed E-state index contributed by atoms with van der Waals surface area (Å²) in [6, 6.07) is 0. The molecule has 0 rings (SSSR count). The molecule has 0 amide bonds. The topological polar surface area (TPSA) is 24.5 Å². The standard InChI is InChI=1S/C13H30N2O/c1-13(2,3)7-11-16-12-9-14-8-6-10-15(4)5/h14H,6-12H2,1-5H3. The van der Waals surface area contributed by atoms with E-state index in [1.807, 2.05) is 0 Å². The number of ether oxygens (including phenoxy) is 1. The quantitative estimate of drug-likeness (QED) is 0.613. The van der Waals surface area contributed by atoms with Gasteiger partial charge in [0.15, 0.2) is 0 Å². The van der Waals surface area contributed by atoms with Gasteiger partial charge in [-0.3, -0.25) is 0 Å². The minimum absolute atomic E-state index is 0.388. The smallest absolute Gasteiger partial charge is 0.0590 e. The second-order valence-corrected chi connectivity index (χ2v) is 5.83. The molecule has 0 unspecified atom stereocenters. The molecule has 0 fully saturated rings. The van der Waals surface area contributed by atoms with Crippen molar-refractivity contribution in [2.45, 2.75) is 33.6 Å². The molecule has 3 heteroatoms. The van der Waals surface area contributed by atoms with Crippen LogP contribution in [0.5, 0.6) is 0 Å². The first kappa shape index (κ1) is 15.9. The van der Waals surface area contributed by atoms with Crippen LogP contribution in [0.1, 0.15) is 33.6 Å². The molecular formula is C13H30N2O. The van der Waals surface area contributed by atoms with Gasteiger partial charge in [0, 0.05) is 13.2 Å². The first-order valence-electron chi connectivity index (χ1n) is 6.35. The van der Waals surface area contributed by atoms with Crippen LogP contribution >= 0.6 is 0 Å². The van der Waals surface area contributed by atoms with E-state index in [9.17, 15) is 0 Å². The van der Waals surface area contributed by atoms with Crippen molar-refractivity contribution >= 4 is 0 Å². The van der Waals surface area contributed by atoms with E-state index in [0.29, 0.717) is 5.41 Å². The van der Waals surface area contributed by atoms with Crippen molar-refractivity contribution in [2.24, 2.45) is 5.41 Å². The van der Waals surface area contributed by atoms with E-state index in [1.165, 1.54) is 6.42 Å². The van der Waals surface area contributed by atoms with Gasteiger partial charge in [-0.25, -0.2) is 0 Å². The number of rotatable bonds is 9. The second kappa shape index (κ2) is 8.97. The van der Waals surface area contributed by atoms with Gasteiger partial charge in [0.05, 0.1) is 6.61 Å². The monoisotopic (exact) mass is 230 g/mol. The summed E-state index contributed by atoms with van der Waals surface area (Å²) >= 11 is 0. The van der Waals surface area contributed by atoms with Crippen molar-refractivity contribution in [1.29, 1.82) is 0 Å². The van der Waals surface area contributed by atoms with E-state index in [1.54, 1.807) is 0 Å². The number of nitrogens with zero attached hydrogens (tertiary/aromatic N) is 1. The van der Waals surface area contributed by atoms with Crippen LogP contribution in [0.2, 0.25) is 0 Å². The molecule has 3 nitrogen and oxygen atoms in total. The van der Waals surface area contributed by atoms with Crippen molar-refractivity contribution in [2.75, 3.05) is 46.9 Å². The molecule has 0 aliphatic rings. The Labute approximate surface area is 102 Å². The van der Waals surface area contributed by atoms with Crippen LogP contribution in [-0.2, 0) is 4.74 Å². The molecule has 0 heterocycles. The highest BCUT2D eigenvalue weighted by Crippen LogP contribution is 2.17. The van der Waals surface area contributed by atoms with Gasteiger partial charge >= 0.3 is 0 Å². The number of nitrogens with one attached hydrogen (secondary N) is 1. The van der Waals surface area contributed by atoms with Gasteiger partial charge in [-0.05, 0) is 45.4 Å². The van der Waals surface area contributed by atoms with E-state index in [2.05, 4.69) is 45.1 Å². The van der Waals surface area contributed by atoms with Gasteiger partial charge in [-0.2, -0.15) is 0 Å². The molecule has 0 saturated carbocycles. The van der Waals surface area contributed by atoms with Crippen LogP contribution < -0.4 is 5.32 Å². The molecule has 0 aromatic rings. The molecule has 0 aliphatic heterocycles. The van der Waals surface area contributed by atoms with E-state index in [4.69, 9.17) is 4.74 Å². The van der Waals surface area contributed by atoms with Crippen LogP contribution in [0.3, 0.4) is 0 Å². The zero-order valence-electron chi connectivity index (χ0n) is 11.8. The average molecular weight is 230 g/mol. The Morgan fingerprint density at radius 3 is 2.31 bits per heavy atom. The van der Waals surface area contributed by atoms with Crippen molar-refractivity contribution in [3.8, 4) is 0 Å². The molecule has 0 spiro atoms. The van der Waals surface area contributed by atoms with Crippen LogP contribution in [0.15, 0.2) is 0 Å². The summed E-state index contributed by atoms with van der Waals surface area (Å²) in [5.41, 5.74) is 0.388. The minimum atomic E-state index is 0.388. The maximum atomic E-state index is 5.56. The molecule has 0 radical (unpaired) electrons. The molecule has 0 aliphatic carbocycles. The van der Waals surface area contributed by atoms with Gasteiger partial charge in [-0.1, -0.05) is 20.8 Å². The zero-order chi connectivity index (χ0) is 12.4. The van der Waals surface area contributed by atoms with Crippen LogP contribution in [0.25, 0.3) is 0 Å². The van der Waals surface area contributed by atoms with Gasteiger partial charge < -0.3 is 15.0 Å². The maximum Gasteiger partial charge on any atom is 0.0590 e. The molecule has 16 heavy (non-hydrogen) atoms. The molecule has 0 saturated heterocycles. The zero-order valence-corrected chi connectivity index (χ0v) is 11.8. The summed E-state index contributed by atoms with van der Waals surface area (Å²) in [5.74, 6) is 0. The van der Waals surface area contributed by atoms with Crippen LogP contribution in [-0.4, -0.2) is 51.8 Å². The number of hydrogen-bond donors (Lipinski definition) is 1. The first-order chi connectivity index (χ1) is 7.42. The minimum Gasteiger partial charge on any atom is -0.380 e. The van der Waals surface area contributed by atoms with E-state index >= 15 is 0 Å².